The average Bonchev–Trinajstić information content (AvgIpc) is 3.10. The highest BCUT2D eigenvalue weighted by molar-refractivity contribution is 6.06. The lowest BCUT2D eigenvalue weighted by Crippen LogP contribution is -2.11. The third-order valence-corrected chi connectivity index (χ3v) is 3.50. The zero-order chi connectivity index (χ0) is 15.1. The minimum Gasteiger partial charge on any atom is -0.408 e. The second-order valence-electron chi connectivity index (χ2n) is 4.96. The number of aromatic amines is 2. The van der Waals surface area contributed by atoms with Gasteiger partial charge in [0.1, 0.15) is 0 Å². The molecule has 0 atom stereocenters. The minimum absolute atomic E-state index is 0.228. The molecule has 22 heavy (non-hydrogen) atoms. The summed E-state index contributed by atoms with van der Waals surface area (Å²) in [7, 11) is 0. The number of aromatic nitrogens is 2. The standard InChI is InChI=1S/C16H11N3O3/c20-15(10-2-1-9-5-6-17-13(9)7-10)18-11-3-4-12-14(8-11)22-16(21)19-12/h1-8,17H,(H,18,20)(H,19,21). The van der Waals surface area contributed by atoms with Crippen LogP contribution >= 0.6 is 0 Å². The van der Waals surface area contributed by atoms with E-state index in [4.69, 9.17) is 4.42 Å². The lowest BCUT2D eigenvalue weighted by molar-refractivity contribution is 0.102. The van der Waals surface area contributed by atoms with E-state index < -0.39 is 5.76 Å². The Morgan fingerprint density at radius 2 is 1.95 bits per heavy atom. The van der Waals surface area contributed by atoms with Crippen molar-refractivity contribution in [2.75, 3.05) is 5.32 Å². The van der Waals surface area contributed by atoms with Gasteiger partial charge in [0.15, 0.2) is 5.58 Å². The molecule has 0 unspecified atom stereocenters. The maximum Gasteiger partial charge on any atom is 0.417 e. The normalized spacial score (nSPS) is 11.1. The van der Waals surface area contributed by atoms with Crippen molar-refractivity contribution >= 4 is 33.6 Å². The number of hydrogen-bond donors (Lipinski definition) is 3. The zero-order valence-corrected chi connectivity index (χ0v) is 11.3. The largest absolute Gasteiger partial charge is 0.417 e. The number of anilines is 1. The lowest BCUT2D eigenvalue weighted by Gasteiger charge is -2.05. The molecule has 0 bridgehead atoms. The summed E-state index contributed by atoms with van der Waals surface area (Å²) in [5.74, 6) is -0.746. The first-order valence-electron chi connectivity index (χ1n) is 6.70. The molecule has 0 fully saturated rings. The van der Waals surface area contributed by atoms with Crippen LogP contribution < -0.4 is 11.1 Å². The molecule has 0 spiro atoms. The highest BCUT2D eigenvalue weighted by atomic mass is 16.4. The Hall–Kier alpha value is -3.28. The molecular weight excluding hydrogens is 282 g/mol. The van der Waals surface area contributed by atoms with Crippen molar-refractivity contribution in [3.8, 4) is 0 Å². The summed E-state index contributed by atoms with van der Waals surface area (Å²) in [5, 5.41) is 3.84. The van der Waals surface area contributed by atoms with Crippen LogP contribution in [-0.2, 0) is 0 Å². The number of carbonyl (C=O) groups is 1. The maximum absolute atomic E-state index is 12.3. The Balaban J connectivity index is 1.65. The number of carbonyl (C=O) groups excluding carboxylic acids is 1. The number of oxazole rings is 1. The SMILES string of the molecule is O=C(Nc1ccc2[nH]c(=O)oc2c1)c1ccc2cc[nH]c2c1. The lowest BCUT2D eigenvalue weighted by atomic mass is 10.1. The van der Waals surface area contributed by atoms with Gasteiger partial charge in [-0.25, -0.2) is 4.79 Å². The highest BCUT2D eigenvalue weighted by Crippen LogP contribution is 2.18. The van der Waals surface area contributed by atoms with Crippen LogP contribution in [-0.4, -0.2) is 15.9 Å². The van der Waals surface area contributed by atoms with Crippen molar-refractivity contribution in [2.24, 2.45) is 0 Å². The molecule has 108 valence electrons. The van der Waals surface area contributed by atoms with Gasteiger partial charge in [-0.05, 0) is 35.7 Å². The van der Waals surface area contributed by atoms with Crippen LogP contribution in [0.2, 0.25) is 0 Å². The van der Waals surface area contributed by atoms with E-state index in [1.165, 1.54) is 0 Å². The summed E-state index contributed by atoms with van der Waals surface area (Å²) in [5.41, 5.74) is 3.01. The summed E-state index contributed by atoms with van der Waals surface area (Å²) < 4.78 is 4.98. The third-order valence-electron chi connectivity index (χ3n) is 3.50. The van der Waals surface area contributed by atoms with Gasteiger partial charge in [0.2, 0.25) is 0 Å². The molecule has 3 N–H and O–H groups in total. The minimum atomic E-state index is -0.518. The molecule has 4 rings (SSSR count). The van der Waals surface area contributed by atoms with E-state index in [0.29, 0.717) is 22.4 Å². The highest BCUT2D eigenvalue weighted by Gasteiger charge is 2.09. The molecule has 2 aromatic heterocycles. The first kappa shape index (κ1) is 12.5. The molecule has 1 amide bonds. The van der Waals surface area contributed by atoms with E-state index in [0.717, 1.165) is 10.9 Å². The fraction of sp³-hybridized carbons (Fsp3) is 0. The molecule has 2 heterocycles. The van der Waals surface area contributed by atoms with E-state index >= 15 is 0 Å². The van der Waals surface area contributed by atoms with Crippen molar-refractivity contribution in [2.45, 2.75) is 0 Å². The predicted molar refractivity (Wildman–Crippen MR) is 83.1 cm³/mol. The average molecular weight is 293 g/mol. The van der Waals surface area contributed by atoms with Gasteiger partial charge in [-0.3, -0.25) is 9.78 Å². The van der Waals surface area contributed by atoms with Crippen molar-refractivity contribution in [1.29, 1.82) is 0 Å². The first-order chi connectivity index (χ1) is 10.7. The Morgan fingerprint density at radius 3 is 2.86 bits per heavy atom. The third kappa shape index (κ3) is 2.07. The van der Waals surface area contributed by atoms with Crippen LogP contribution in [0.1, 0.15) is 10.4 Å². The summed E-state index contributed by atoms with van der Waals surface area (Å²) in [6, 6.07) is 12.4. The molecule has 0 aliphatic carbocycles. The monoisotopic (exact) mass is 293 g/mol. The van der Waals surface area contributed by atoms with E-state index in [1.807, 2.05) is 18.3 Å². The van der Waals surface area contributed by atoms with Gasteiger partial charge in [0.25, 0.3) is 5.91 Å². The topological polar surface area (TPSA) is 90.9 Å². The Morgan fingerprint density at radius 1 is 1.05 bits per heavy atom. The van der Waals surface area contributed by atoms with Gasteiger partial charge in [0, 0.05) is 29.0 Å². The Kier molecular flexibility index (Phi) is 2.62. The molecule has 4 aromatic rings. The molecule has 2 aromatic carbocycles. The van der Waals surface area contributed by atoms with Crippen molar-refractivity contribution in [3.63, 3.8) is 0 Å². The van der Waals surface area contributed by atoms with Crippen molar-refractivity contribution < 1.29 is 9.21 Å². The fourth-order valence-electron chi connectivity index (χ4n) is 2.42. The maximum atomic E-state index is 12.3. The summed E-state index contributed by atoms with van der Waals surface area (Å²) in [6.07, 6.45) is 1.83. The van der Waals surface area contributed by atoms with E-state index in [1.54, 1.807) is 30.3 Å². The molecule has 0 aliphatic rings. The van der Waals surface area contributed by atoms with Gasteiger partial charge in [-0.15, -0.1) is 0 Å². The van der Waals surface area contributed by atoms with Crippen LogP contribution in [0.3, 0.4) is 0 Å². The molecule has 6 heteroatoms. The Bertz CT molecular complexity index is 1060. The number of fused-ring (bicyclic) bond motifs is 2. The van der Waals surface area contributed by atoms with Crippen LogP contribution in [0.15, 0.2) is 57.9 Å². The molecule has 0 radical (unpaired) electrons. The number of benzene rings is 2. The number of hydrogen-bond acceptors (Lipinski definition) is 3. The van der Waals surface area contributed by atoms with Crippen LogP contribution in [0.5, 0.6) is 0 Å². The number of amides is 1. The summed E-state index contributed by atoms with van der Waals surface area (Å²) >= 11 is 0. The van der Waals surface area contributed by atoms with Crippen LogP contribution in [0.4, 0.5) is 5.69 Å². The molecule has 6 nitrogen and oxygen atoms in total. The summed E-state index contributed by atoms with van der Waals surface area (Å²) in [4.78, 5) is 29.0. The molecule has 0 aliphatic heterocycles. The van der Waals surface area contributed by atoms with E-state index in [9.17, 15) is 9.59 Å². The number of nitrogens with one attached hydrogen (secondary N) is 3. The van der Waals surface area contributed by atoms with Gasteiger partial charge in [-0.2, -0.15) is 0 Å². The van der Waals surface area contributed by atoms with E-state index in [-0.39, 0.29) is 5.91 Å². The number of rotatable bonds is 2. The van der Waals surface area contributed by atoms with Gasteiger partial charge in [0.05, 0.1) is 5.52 Å². The zero-order valence-electron chi connectivity index (χ0n) is 11.3. The molecular formula is C16H11N3O3. The van der Waals surface area contributed by atoms with Crippen LogP contribution in [0.25, 0.3) is 22.0 Å². The van der Waals surface area contributed by atoms with E-state index in [2.05, 4.69) is 15.3 Å². The summed E-state index contributed by atoms with van der Waals surface area (Å²) in [6.45, 7) is 0. The quantitative estimate of drug-likeness (QED) is 0.530. The molecule has 0 saturated carbocycles. The van der Waals surface area contributed by atoms with Crippen molar-refractivity contribution in [3.05, 3.63) is 64.8 Å². The second kappa shape index (κ2) is 4.63. The van der Waals surface area contributed by atoms with Gasteiger partial charge < -0.3 is 14.7 Å². The second-order valence-corrected chi connectivity index (χ2v) is 4.96. The predicted octanol–water partition coefficient (Wildman–Crippen LogP) is 2.85. The fourth-order valence-corrected chi connectivity index (χ4v) is 2.42. The number of H-pyrrole nitrogens is 2. The smallest absolute Gasteiger partial charge is 0.408 e. The van der Waals surface area contributed by atoms with Gasteiger partial charge >= 0.3 is 5.76 Å². The van der Waals surface area contributed by atoms with Gasteiger partial charge in [-0.1, -0.05) is 6.07 Å². The Labute approximate surface area is 123 Å². The molecule has 0 saturated heterocycles. The van der Waals surface area contributed by atoms with Crippen LogP contribution in [0, 0.1) is 0 Å². The van der Waals surface area contributed by atoms with Crippen molar-refractivity contribution in [1.82, 2.24) is 9.97 Å². The first-order valence-corrected chi connectivity index (χ1v) is 6.70.